The highest BCUT2D eigenvalue weighted by molar-refractivity contribution is 6.30. The van der Waals surface area contributed by atoms with Gasteiger partial charge in [-0.15, -0.1) is 0 Å². The van der Waals surface area contributed by atoms with Crippen LogP contribution >= 0.6 is 11.6 Å². The lowest BCUT2D eigenvalue weighted by molar-refractivity contribution is -0.111. The Kier molecular flexibility index (Phi) is 5.55. The van der Waals surface area contributed by atoms with Gasteiger partial charge < -0.3 is 10.2 Å². The third kappa shape index (κ3) is 4.62. The highest BCUT2D eigenvalue weighted by Gasteiger charge is 2.10. The van der Waals surface area contributed by atoms with E-state index in [0.29, 0.717) is 5.02 Å². The minimum Gasteiger partial charge on any atom is -0.372 e. The maximum Gasteiger partial charge on any atom is 0.248 e. The van der Waals surface area contributed by atoms with Gasteiger partial charge in [0.15, 0.2) is 0 Å². The molecule has 0 saturated carbocycles. The summed E-state index contributed by atoms with van der Waals surface area (Å²) >= 11 is 5.93. The molecule has 124 valence electrons. The summed E-state index contributed by atoms with van der Waals surface area (Å²) in [6, 6.07) is 15.4. The van der Waals surface area contributed by atoms with Crippen LogP contribution in [0.3, 0.4) is 0 Å². The van der Waals surface area contributed by atoms with Gasteiger partial charge in [0.2, 0.25) is 5.91 Å². The van der Waals surface area contributed by atoms with Gasteiger partial charge in [-0.1, -0.05) is 23.7 Å². The lowest BCUT2D eigenvalue weighted by Gasteiger charge is -2.28. The van der Waals surface area contributed by atoms with E-state index >= 15 is 0 Å². The van der Waals surface area contributed by atoms with Crippen LogP contribution < -0.4 is 10.2 Å². The summed E-state index contributed by atoms with van der Waals surface area (Å²) in [5, 5.41) is 3.54. The number of nitrogens with one attached hydrogen (secondary N) is 1. The molecule has 1 aliphatic rings. The molecule has 1 saturated heterocycles. The number of nitrogens with zero attached hydrogens (tertiary/aromatic N) is 1. The van der Waals surface area contributed by atoms with Crippen molar-refractivity contribution in [3.05, 3.63) is 65.2 Å². The molecule has 2 aromatic carbocycles. The van der Waals surface area contributed by atoms with Crippen LogP contribution in [0.15, 0.2) is 54.6 Å². The standard InChI is InChI=1S/C20H21ClN2O/c21-17-6-4-5-16(15-17)7-12-20(24)22-18-8-10-19(11-9-18)23-13-2-1-3-14-23/h4-12,15H,1-3,13-14H2,(H,22,24). The molecular weight excluding hydrogens is 320 g/mol. The van der Waals surface area contributed by atoms with Gasteiger partial charge in [0.25, 0.3) is 0 Å². The first-order chi connectivity index (χ1) is 11.7. The van der Waals surface area contributed by atoms with Crippen molar-refractivity contribution in [3.8, 4) is 0 Å². The van der Waals surface area contributed by atoms with Crippen LogP contribution in [0.4, 0.5) is 11.4 Å². The van der Waals surface area contributed by atoms with E-state index in [1.807, 2.05) is 36.4 Å². The number of halogens is 1. The van der Waals surface area contributed by atoms with Crippen LogP contribution in [0.5, 0.6) is 0 Å². The molecule has 3 nitrogen and oxygen atoms in total. The number of anilines is 2. The van der Waals surface area contributed by atoms with Crippen molar-refractivity contribution in [2.75, 3.05) is 23.3 Å². The van der Waals surface area contributed by atoms with Gasteiger partial charge in [-0.25, -0.2) is 0 Å². The molecule has 0 aromatic heterocycles. The van der Waals surface area contributed by atoms with E-state index in [1.165, 1.54) is 31.0 Å². The fraction of sp³-hybridized carbons (Fsp3) is 0.250. The smallest absolute Gasteiger partial charge is 0.248 e. The summed E-state index contributed by atoms with van der Waals surface area (Å²) in [7, 11) is 0. The molecule has 1 heterocycles. The van der Waals surface area contributed by atoms with E-state index in [1.54, 1.807) is 6.08 Å². The molecule has 0 radical (unpaired) electrons. The molecular formula is C20H21ClN2O. The van der Waals surface area contributed by atoms with Crippen molar-refractivity contribution in [2.45, 2.75) is 19.3 Å². The molecule has 24 heavy (non-hydrogen) atoms. The van der Waals surface area contributed by atoms with Gasteiger partial charge in [-0.05, 0) is 67.3 Å². The molecule has 1 N–H and O–H groups in total. The van der Waals surface area contributed by atoms with E-state index in [-0.39, 0.29) is 5.91 Å². The van der Waals surface area contributed by atoms with Crippen LogP contribution in [-0.4, -0.2) is 19.0 Å². The maximum absolute atomic E-state index is 12.0. The van der Waals surface area contributed by atoms with Gasteiger partial charge in [-0.3, -0.25) is 4.79 Å². The van der Waals surface area contributed by atoms with Crippen molar-refractivity contribution in [1.82, 2.24) is 0 Å². The fourth-order valence-corrected chi connectivity index (χ4v) is 3.07. The Hall–Kier alpha value is -2.26. The lowest BCUT2D eigenvalue weighted by Crippen LogP contribution is -2.29. The minimum atomic E-state index is -0.152. The number of carbonyl (C=O) groups excluding carboxylic acids is 1. The van der Waals surface area contributed by atoms with E-state index in [0.717, 1.165) is 24.3 Å². The topological polar surface area (TPSA) is 32.3 Å². The third-order valence-electron chi connectivity index (χ3n) is 4.13. The zero-order valence-corrected chi connectivity index (χ0v) is 14.3. The Morgan fingerprint density at radius 1 is 1.04 bits per heavy atom. The van der Waals surface area contributed by atoms with Gasteiger partial charge in [0.05, 0.1) is 0 Å². The molecule has 0 atom stereocenters. The number of benzene rings is 2. The second-order valence-corrected chi connectivity index (χ2v) is 6.41. The lowest BCUT2D eigenvalue weighted by atomic mass is 10.1. The number of amides is 1. The Morgan fingerprint density at radius 2 is 1.79 bits per heavy atom. The third-order valence-corrected chi connectivity index (χ3v) is 4.37. The highest BCUT2D eigenvalue weighted by atomic mass is 35.5. The number of hydrogen-bond donors (Lipinski definition) is 1. The van der Waals surface area contributed by atoms with Crippen LogP contribution in [0, 0.1) is 0 Å². The predicted octanol–water partition coefficient (Wildman–Crippen LogP) is 4.98. The van der Waals surface area contributed by atoms with Crippen molar-refractivity contribution >= 4 is 35.0 Å². The summed E-state index contributed by atoms with van der Waals surface area (Å²) in [6.45, 7) is 2.24. The molecule has 1 fully saturated rings. The van der Waals surface area contributed by atoms with E-state index in [9.17, 15) is 4.79 Å². The Bertz CT molecular complexity index is 719. The Labute approximate surface area is 147 Å². The van der Waals surface area contributed by atoms with Crippen molar-refractivity contribution < 1.29 is 4.79 Å². The normalized spacial score (nSPS) is 14.8. The average Bonchev–Trinajstić information content (AvgIpc) is 2.61. The predicted molar refractivity (Wildman–Crippen MR) is 102 cm³/mol. The summed E-state index contributed by atoms with van der Waals surface area (Å²) in [5.74, 6) is -0.152. The summed E-state index contributed by atoms with van der Waals surface area (Å²) < 4.78 is 0. The number of carbonyl (C=O) groups is 1. The Morgan fingerprint density at radius 3 is 2.50 bits per heavy atom. The van der Waals surface area contributed by atoms with E-state index in [4.69, 9.17) is 11.6 Å². The Balaban J connectivity index is 1.58. The first kappa shape index (κ1) is 16.6. The molecule has 0 bridgehead atoms. The van der Waals surface area contributed by atoms with Crippen LogP contribution in [0.1, 0.15) is 24.8 Å². The molecule has 4 heteroatoms. The number of piperidine rings is 1. The highest BCUT2D eigenvalue weighted by Crippen LogP contribution is 2.21. The van der Waals surface area contributed by atoms with Gasteiger partial charge in [0.1, 0.15) is 0 Å². The van der Waals surface area contributed by atoms with E-state index < -0.39 is 0 Å². The number of hydrogen-bond acceptors (Lipinski definition) is 2. The minimum absolute atomic E-state index is 0.152. The molecule has 3 rings (SSSR count). The molecule has 0 spiro atoms. The first-order valence-electron chi connectivity index (χ1n) is 8.30. The van der Waals surface area contributed by atoms with Crippen LogP contribution in [0.25, 0.3) is 6.08 Å². The SMILES string of the molecule is O=C(C=Cc1cccc(Cl)c1)Nc1ccc(N2CCCCC2)cc1. The molecule has 1 aliphatic heterocycles. The summed E-state index contributed by atoms with van der Waals surface area (Å²) in [6.07, 6.45) is 7.11. The van der Waals surface area contributed by atoms with Crippen LogP contribution in [0.2, 0.25) is 5.02 Å². The van der Waals surface area contributed by atoms with Crippen LogP contribution in [-0.2, 0) is 4.79 Å². The quantitative estimate of drug-likeness (QED) is 0.796. The molecule has 2 aromatic rings. The largest absolute Gasteiger partial charge is 0.372 e. The van der Waals surface area contributed by atoms with Crippen molar-refractivity contribution in [1.29, 1.82) is 0 Å². The van der Waals surface area contributed by atoms with Gasteiger partial charge >= 0.3 is 0 Å². The van der Waals surface area contributed by atoms with Gasteiger partial charge in [-0.2, -0.15) is 0 Å². The zero-order chi connectivity index (χ0) is 16.8. The second kappa shape index (κ2) is 8.02. The summed E-state index contributed by atoms with van der Waals surface area (Å²) in [5.41, 5.74) is 2.93. The fourth-order valence-electron chi connectivity index (χ4n) is 2.87. The van der Waals surface area contributed by atoms with Crippen molar-refractivity contribution in [3.63, 3.8) is 0 Å². The van der Waals surface area contributed by atoms with Gasteiger partial charge in [0, 0.05) is 35.6 Å². The number of rotatable bonds is 4. The maximum atomic E-state index is 12.0. The monoisotopic (exact) mass is 340 g/mol. The second-order valence-electron chi connectivity index (χ2n) is 5.97. The first-order valence-corrected chi connectivity index (χ1v) is 8.68. The molecule has 0 aliphatic carbocycles. The van der Waals surface area contributed by atoms with Crippen molar-refractivity contribution in [2.24, 2.45) is 0 Å². The van der Waals surface area contributed by atoms with E-state index in [2.05, 4.69) is 22.3 Å². The average molecular weight is 341 g/mol. The molecule has 0 unspecified atom stereocenters. The summed E-state index contributed by atoms with van der Waals surface area (Å²) in [4.78, 5) is 14.4. The molecule has 1 amide bonds. The zero-order valence-electron chi connectivity index (χ0n) is 13.5.